The van der Waals surface area contributed by atoms with Gasteiger partial charge in [-0.1, -0.05) is 18.2 Å². The smallest absolute Gasteiger partial charge is 0.0994 e. The van der Waals surface area contributed by atoms with Gasteiger partial charge in [-0.25, -0.2) is 0 Å². The van der Waals surface area contributed by atoms with E-state index in [0.717, 1.165) is 27.9 Å². The number of benzene rings is 1. The summed E-state index contributed by atoms with van der Waals surface area (Å²) in [5, 5.41) is 8.85. The predicted octanol–water partition coefficient (Wildman–Crippen LogP) is 3.24. The molecule has 0 aliphatic carbocycles. The van der Waals surface area contributed by atoms with Crippen LogP contribution in [-0.4, -0.2) is 4.98 Å². The third-order valence-corrected chi connectivity index (χ3v) is 2.59. The molecule has 0 saturated heterocycles. The van der Waals surface area contributed by atoms with Crippen LogP contribution in [-0.2, 0) is 0 Å². The van der Waals surface area contributed by atoms with Crippen molar-refractivity contribution in [3.05, 3.63) is 53.3 Å². The largest absolute Gasteiger partial charge is 0.261 e. The molecule has 0 amide bonds. The van der Waals surface area contributed by atoms with Gasteiger partial charge in [-0.05, 0) is 37.1 Å². The van der Waals surface area contributed by atoms with E-state index in [-0.39, 0.29) is 0 Å². The van der Waals surface area contributed by atoms with E-state index < -0.39 is 0 Å². The summed E-state index contributed by atoms with van der Waals surface area (Å²) < 4.78 is 0. The summed E-state index contributed by atoms with van der Waals surface area (Å²) in [4.78, 5) is 4.26. The van der Waals surface area contributed by atoms with Gasteiger partial charge in [0.2, 0.25) is 0 Å². The fourth-order valence-corrected chi connectivity index (χ4v) is 1.61. The van der Waals surface area contributed by atoms with Gasteiger partial charge in [-0.2, -0.15) is 5.26 Å². The maximum Gasteiger partial charge on any atom is 0.0994 e. The van der Waals surface area contributed by atoms with Gasteiger partial charge >= 0.3 is 0 Å². The van der Waals surface area contributed by atoms with E-state index >= 15 is 0 Å². The molecule has 0 bridgehead atoms. The Morgan fingerprint density at radius 2 is 1.81 bits per heavy atom. The fourth-order valence-electron chi connectivity index (χ4n) is 1.61. The number of aryl methyl sites for hydroxylation is 2. The third-order valence-electron chi connectivity index (χ3n) is 2.59. The molecule has 2 nitrogen and oxygen atoms in total. The lowest BCUT2D eigenvalue weighted by molar-refractivity contribution is 1.20. The number of hydrogen-bond acceptors (Lipinski definition) is 2. The van der Waals surface area contributed by atoms with Crippen LogP contribution in [0.3, 0.4) is 0 Å². The summed E-state index contributed by atoms with van der Waals surface area (Å²) in [7, 11) is 0. The molecule has 1 aromatic heterocycles. The van der Waals surface area contributed by atoms with Crippen molar-refractivity contribution in [3.8, 4) is 17.2 Å². The molecule has 1 heterocycles. The Balaban J connectivity index is 2.46. The lowest BCUT2D eigenvalue weighted by Crippen LogP contribution is -1.86. The van der Waals surface area contributed by atoms with Crippen LogP contribution in [0, 0.1) is 25.2 Å². The van der Waals surface area contributed by atoms with Crippen molar-refractivity contribution in [2.45, 2.75) is 13.8 Å². The van der Waals surface area contributed by atoms with E-state index in [1.54, 1.807) is 0 Å². The standard InChI is InChI=1S/C14H12N2/c1-10-7-12(5-6-13(10)8-15)14-4-3-11(2)16-9-14/h3-7,9H,1-2H3. The topological polar surface area (TPSA) is 36.7 Å². The molecule has 0 aliphatic rings. The Labute approximate surface area is 95.2 Å². The van der Waals surface area contributed by atoms with Gasteiger partial charge in [-0.3, -0.25) is 4.98 Å². The Kier molecular flexibility index (Phi) is 2.70. The number of nitriles is 1. The zero-order chi connectivity index (χ0) is 11.5. The molecular formula is C14H12N2. The summed E-state index contributed by atoms with van der Waals surface area (Å²) >= 11 is 0. The lowest BCUT2D eigenvalue weighted by atomic mass is 10.0. The summed E-state index contributed by atoms with van der Waals surface area (Å²) in [6.45, 7) is 3.91. The van der Waals surface area contributed by atoms with Crippen molar-refractivity contribution in [1.82, 2.24) is 4.98 Å². The first-order valence-electron chi connectivity index (χ1n) is 5.14. The van der Waals surface area contributed by atoms with Crippen molar-refractivity contribution >= 4 is 0 Å². The molecule has 16 heavy (non-hydrogen) atoms. The molecule has 0 aliphatic heterocycles. The van der Waals surface area contributed by atoms with Gasteiger partial charge in [0.15, 0.2) is 0 Å². The molecule has 0 fully saturated rings. The van der Waals surface area contributed by atoms with Crippen molar-refractivity contribution in [3.63, 3.8) is 0 Å². The van der Waals surface area contributed by atoms with Crippen LogP contribution in [0.15, 0.2) is 36.5 Å². The molecule has 2 heteroatoms. The second kappa shape index (κ2) is 4.16. The molecule has 1 aromatic carbocycles. The highest BCUT2D eigenvalue weighted by Crippen LogP contribution is 2.21. The van der Waals surface area contributed by atoms with Gasteiger partial charge in [0, 0.05) is 17.5 Å². The normalized spacial score (nSPS) is 9.81. The van der Waals surface area contributed by atoms with E-state index in [1.165, 1.54) is 0 Å². The highest BCUT2D eigenvalue weighted by atomic mass is 14.7. The summed E-state index contributed by atoms with van der Waals surface area (Å²) in [6.07, 6.45) is 1.86. The Hall–Kier alpha value is -2.14. The number of pyridine rings is 1. The van der Waals surface area contributed by atoms with E-state index in [2.05, 4.69) is 11.1 Å². The van der Waals surface area contributed by atoms with E-state index in [9.17, 15) is 0 Å². The molecule has 0 spiro atoms. The average Bonchev–Trinajstić information content (AvgIpc) is 2.30. The van der Waals surface area contributed by atoms with Crippen molar-refractivity contribution in [2.24, 2.45) is 0 Å². The molecule has 0 N–H and O–H groups in total. The summed E-state index contributed by atoms with van der Waals surface area (Å²) in [5.74, 6) is 0. The van der Waals surface area contributed by atoms with Crippen LogP contribution < -0.4 is 0 Å². The zero-order valence-corrected chi connectivity index (χ0v) is 9.36. The number of aromatic nitrogens is 1. The quantitative estimate of drug-likeness (QED) is 0.721. The summed E-state index contributed by atoms with van der Waals surface area (Å²) in [5.41, 5.74) is 4.92. The SMILES string of the molecule is Cc1ccc(-c2ccc(C#N)c(C)c2)cn1. The Morgan fingerprint density at radius 1 is 1.06 bits per heavy atom. The minimum atomic E-state index is 0.726. The molecular weight excluding hydrogens is 196 g/mol. The van der Waals surface area contributed by atoms with Crippen LogP contribution in [0.5, 0.6) is 0 Å². The van der Waals surface area contributed by atoms with Crippen LogP contribution in [0.4, 0.5) is 0 Å². The molecule has 78 valence electrons. The van der Waals surface area contributed by atoms with Crippen LogP contribution in [0.1, 0.15) is 16.8 Å². The van der Waals surface area contributed by atoms with Crippen LogP contribution >= 0.6 is 0 Å². The molecule has 2 rings (SSSR count). The Morgan fingerprint density at radius 3 is 2.38 bits per heavy atom. The maximum atomic E-state index is 8.85. The number of rotatable bonds is 1. The average molecular weight is 208 g/mol. The molecule has 0 radical (unpaired) electrons. The minimum absolute atomic E-state index is 0.726. The van der Waals surface area contributed by atoms with Gasteiger partial charge in [0.25, 0.3) is 0 Å². The second-order valence-corrected chi connectivity index (χ2v) is 3.83. The molecule has 0 unspecified atom stereocenters. The van der Waals surface area contributed by atoms with E-state index in [0.29, 0.717) is 0 Å². The van der Waals surface area contributed by atoms with E-state index in [4.69, 9.17) is 5.26 Å². The predicted molar refractivity (Wildman–Crippen MR) is 63.9 cm³/mol. The maximum absolute atomic E-state index is 8.85. The van der Waals surface area contributed by atoms with Gasteiger partial charge < -0.3 is 0 Å². The highest BCUT2D eigenvalue weighted by Gasteiger charge is 2.01. The number of hydrogen-bond donors (Lipinski definition) is 0. The molecule has 0 saturated carbocycles. The first-order chi connectivity index (χ1) is 7.70. The van der Waals surface area contributed by atoms with Gasteiger partial charge in [-0.15, -0.1) is 0 Å². The fraction of sp³-hybridized carbons (Fsp3) is 0.143. The van der Waals surface area contributed by atoms with Crippen molar-refractivity contribution in [2.75, 3.05) is 0 Å². The van der Waals surface area contributed by atoms with Crippen molar-refractivity contribution in [1.29, 1.82) is 5.26 Å². The zero-order valence-electron chi connectivity index (χ0n) is 9.36. The van der Waals surface area contributed by atoms with Crippen LogP contribution in [0.2, 0.25) is 0 Å². The highest BCUT2D eigenvalue weighted by molar-refractivity contribution is 5.64. The van der Waals surface area contributed by atoms with E-state index in [1.807, 2.05) is 50.4 Å². The number of nitrogens with zero attached hydrogens (tertiary/aromatic N) is 2. The van der Waals surface area contributed by atoms with Crippen LogP contribution in [0.25, 0.3) is 11.1 Å². The summed E-state index contributed by atoms with van der Waals surface area (Å²) in [6, 6.07) is 12.0. The lowest BCUT2D eigenvalue weighted by Gasteiger charge is -2.04. The van der Waals surface area contributed by atoms with Crippen molar-refractivity contribution < 1.29 is 0 Å². The molecule has 2 aromatic rings. The van der Waals surface area contributed by atoms with Gasteiger partial charge in [0.05, 0.1) is 11.6 Å². The first-order valence-corrected chi connectivity index (χ1v) is 5.14. The first kappa shape index (κ1) is 10.4. The third kappa shape index (κ3) is 1.94. The second-order valence-electron chi connectivity index (χ2n) is 3.83. The monoisotopic (exact) mass is 208 g/mol. The Bertz CT molecular complexity index is 548. The molecule has 0 atom stereocenters. The van der Waals surface area contributed by atoms with Gasteiger partial charge in [0.1, 0.15) is 0 Å². The minimum Gasteiger partial charge on any atom is -0.261 e.